The van der Waals surface area contributed by atoms with E-state index in [2.05, 4.69) is 0 Å². The van der Waals surface area contributed by atoms with Crippen molar-refractivity contribution in [2.24, 2.45) is 0 Å². The lowest BCUT2D eigenvalue weighted by Crippen LogP contribution is -2.12. The van der Waals surface area contributed by atoms with E-state index >= 15 is 0 Å². The van der Waals surface area contributed by atoms with Gasteiger partial charge in [0.05, 0.1) is 57.5 Å². The Labute approximate surface area is 118 Å². The van der Waals surface area contributed by atoms with Crippen molar-refractivity contribution in [3.63, 3.8) is 0 Å². The van der Waals surface area contributed by atoms with E-state index in [-0.39, 0.29) is 45.7 Å². The molecule has 0 aliphatic rings. The highest BCUT2D eigenvalue weighted by molar-refractivity contribution is 7.48. The number of aliphatic hydroxyl groups is 2. The molecular formula is C11H19N2O6P. The van der Waals surface area contributed by atoms with E-state index in [4.69, 9.17) is 34.3 Å². The molecule has 0 aliphatic heterocycles. The van der Waals surface area contributed by atoms with Crippen LogP contribution in [0.3, 0.4) is 0 Å². The number of phosphoric acid groups is 1. The first-order valence-corrected chi connectivity index (χ1v) is 7.60. The Morgan fingerprint density at radius 1 is 1.05 bits per heavy atom. The first-order valence-electron chi connectivity index (χ1n) is 6.14. The van der Waals surface area contributed by atoms with E-state index in [1.807, 2.05) is 12.1 Å². The topological polar surface area (TPSA) is 133 Å². The third-order valence-electron chi connectivity index (χ3n) is 2.07. The van der Waals surface area contributed by atoms with Crippen molar-refractivity contribution in [1.29, 1.82) is 10.5 Å². The minimum atomic E-state index is -3.79. The van der Waals surface area contributed by atoms with Crippen molar-refractivity contribution in [3.8, 4) is 12.1 Å². The summed E-state index contributed by atoms with van der Waals surface area (Å²) in [7, 11) is -3.79. The predicted molar refractivity (Wildman–Crippen MR) is 68.2 cm³/mol. The summed E-state index contributed by atoms with van der Waals surface area (Å²) in [6.45, 7) is -0.540. The normalized spacial score (nSPS) is 12.6. The molecule has 0 aromatic heterocycles. The zero-order chi connectivity index (χ0) is 15.3. The lowest BCUT2D eigenvalue weighted by molar-refractivity contribution is 0.0755. The molecule has 0 saturated heterocycles. The highest BCUT2D eigenvalue weighted by Gasteiger charge is 2.26. The molecule has 9 heteroatoms. The maximum atomic E-state index is 12.1. The first kappa shape index (κ1) is 19.0. The highest BCUT2D eigenvalue weighted by atomic mass is 31.2. The molecule has 1 unspecified atom stereocenters. The van der Waals surface area contributed by atoms with Crippen molar-refractivity contribution in [1.82, 2.24) is 0 Å². The lowest BCUT2D eigenvalue weighted by Gasteiger charge is -2.17. The van der Waals surface area contributed by atoms with Crippen LogP contribution in [0.2, 0.25) is 0 Å². The fraction of sp³-hybridized carbons (Fsp3) is 0.818. The summed E-state index contributed by atoms with van der Waals surface area (Å²) in [6, 6.07) is 3.65. The van der Waals surface area contributed by atoms with Crippen LogP contribution < -0.4 is 0 Å². The molecule has 114 valence electrons. The van der Waals surface area contributed by atoms with Gasteiger partial charge in [-0.25, -0.2) is 4.57 Å². The van der Waals surface area contributed by atoms with Gasteiger partial charge in [0.15, 0.2) is 0 Å². The van der Waals surface area contributed by atoms with Crippen molar-refractivity contribution < 1.29 is 28.3 Å². The van der Waals surface area contributed by atoms with E-state index in [1.165, 1.54) is 0 Å². The van der Waals surface area contributed by atoms with Gasteiger partial charge in [-0.15, -0.1) is 0 Å². The summed E-state index contributed by atoms with van der Waals surface area (Å²) in [6.07, 6.45) is -0.130. The van der Waals surface area contributed by atoms with Crippen molar-refractivity contribution in [3.05, 3.63) is 0 Å². The molecule has 0 rings (SSSR count). The maximum absolute atomic E-state index is 12.1. The van der Waals surface area contributed by atoms with Gasteiger partial charge < -0.3 is 10.2 Å². The van der Waals surface area contributed by atoms with Gasteiger partial charge in [0.1, 0.15) is 0 Å². The molecule has 0 heterocycles. The molecule has 0 amide bonds. The Bertz CT molecular complexity index is 354. The summed E-state index contributed by atoms with van der Waals surface area (Å²) < 4.78 is 26.9. The Balaban J connectivity index is 4.13. The molecule has 0 aliphatic carbocycles. The molecule has 0 spiro atoms. The monoisotopic (exact) mass is 306 g/mol. The Kier molecular flexibility index (Phi) is 11.2. The van der Waals surface area contributed by atoms with Gasteiger partial charge in [-0.2, -0.15) is 10.5 Å². The van der Waals surface area contributed by atoms with Crippen LogP contribution in [0.25, 0.3) is 0 Å². The summed E-state index contributed by atoms with van der Waals surface area (Å²) in [5.41, 5.74) is 0. The molecule has 0 aromatic carbocycles. The van der Waals surface area contributed by atoms with E-state index in [0.717, 1.165) is 0 Å². The van der Waals surface area contributed by atoms with Crippen LogP contribution in [-0.2, 0) is 18.1 Å². The Morgan fingerprint density at radius 2 is 1.55 bits per heavy atom. The van der Waals surface area contributed by atoms with Gasteiger partial charge in [0.2, 0.25) is 0 Å². The van der Waals surface area contributed by atoms with Crippen molar-refractivity contribution in [2.45, 2.75) is 31.8 Å². The predicted octanol–water partition coefficient (Wildman–Crippen LogP) is 1.11. The molecular weight excluding hydrogens is 287 g/mol. The van der Waals surface area contributed by atoms with E-state index in [0.29, 0.717) is 6.42 Å². The molecule has 0 bridgehead atoms. The second-order valence-electron chi connectivity index (χ2n) is 3.74. The van der Waals surface area contributed by atoms with Gasteiger partial charge in [-0.3, -0.25) is 13.6 Å². The minimum Gasteiger partial charge on any atom is -0.394 e. The quantitative estimate of drug-likeness (QED) is 0.404. The van der Waals surface area contributed by atoms with Crippen molar-refractivity contribution >= 4 is 7.82 Å². The van der Waals surface area contributed by atoms with Gasteiger partial charge in [-0.05, 0) is 12.8 Å². The molecule has 8 nitrogen and oxygen atoms in total. The van der Waals surface area contributed by atoms with Crippen LogP contribution in [0, 0.1) is 22.7 Å². The van der Waals surface area contributed by atoms with Gasteiger partial charge >= 0.3 is 7.82 Å². The number of phosphoric ester groups is 1. The van der Waals surface area contributed by atoms with Crippen LogP contribution in [-0.4, -0.2) is 42.7 Å². The van der Waals surface area contributed by atoms with Crippen LogP contribution >= 0.6 is 7.82 Å². The van der Waals surface area contributed by atoms with Crippen LogP contribution in [0.15, 0.2) is 0 Å². The third-order valence-corrected chi connectivity index (χ3v) is 3.56. The molecule has 2 N–H and O–H groups in total. The number of aliphatic hydroxyl groups excluding tert-OH is 2. The van der Waals surface area contributed by atoms with Crippen LogP contribution in [0.4, 0.5) is 0 Å². The SMILES string of the molecule is N#CCCOP(=O)(OCCC#N)OCCCC(O)CO. The summed E-state index contributed by atoms with van der Waals surface area (Å²) in [4.78, 5) is 0. The Morgan fingerprint density at radius 3 is 2.00 bits per heavy atom. The molecule has 0 fully saturated rings. The number of hydrogen-bond donors (Lipinski definition) is 2. The number of rotatable bonds is 12. The summed E-state index contributed by atoms with van der Waals surface area (Å²) in [5, 5.41) is 34.5. The molecule has 0 saturated carbocycles. The molecule has 20 heavy (non-hydrogen) atoms. The molecule has 1 atom stereocenters. The Hall–Kier alpha value is -0.990. The second-order valence-corrected chi connectivity index (χ2v) is 5.41. The average molecular weight is 306 g/mol. The van der Waals surface area contributed by atoms with Crippen LogP contribution in [0.1, 0.15) is 25.7 Å². The summed E-state index contributed by atoms with van der Waals surface area (Å²) in [5.74, 6) is 0. The third kappa shape index (κ3) is 9.88. The fourth-order valence-corrected chi connectivity index (χ4v) is 2.31. The van der Waals surface area contributed by atoms with Gasteiger partial charge in [-0.1, -0.05) is 0 Å². The minimum absolute atomic E-state index is 0.00739. The number of nitrogens with zero attached hydrogens (tertiary/aromatic N) is 2. The summed E-state index contributed by atoms with van der Waals surface area (Å²) >= 11 is 0. The lowest BCUT2D eigenvalue weighted by atomic mass is 10.2. The zero-order valence-corrected chi connectivity index (χ0v) is 12.0. The zero-order valence-electron chi connectivity index (χ0n) is 11.1. The highest BCUT2D eigenvalue weighted by Crippen LogP contribution is 2.49. The first-order chi connectivity index (χ1) is 9.58. The van der Waals surface area contributed by atoms with E-state index < -0.39 is 13.9 Å². The molecule has 0 radical (unpaired) electrons. The average Bonchev–Trinajstić information content (AvgIpc) is 2.44. The smallest absolute Gasteiger partial charge is 0.394 e. The van der Waals surface area contributed by atoms with E-state index in [1.54, 1.807) is 0 Å². The number of hydrogen-bond acceptors (Lipinski definition) is 8. The molecule has 0 aromatic rings. The number of nitriles is 2. The van der Waals surface area contributed by atoms with Crippen LogP contribution in [0.5, 0.6) is 0 Å². The standard InChI is InChI=1S/C11H19N2O6P/c12-5-2-8-18-20(16,19-9-3-6-13)17-7-1-4-11(15)10-14/h11,14-15H,1-4,7-10H2. The van der Waals surface area contributed by atoms with Gasteiger partial charge in [0.25, 0.3) is 0 Å². The maximum Gasteiger partial charge on any atom is 0.474 e. The largest absolute Gasteiger partial charge is 0.474 e. The van der Waals surface area contributed by atoms with Gasteiger partial charge in [0, 0.05) is 0 Å². The second kappa shape index (κ2) is 11.8. The van der Waals surface area contributed by atoms with E-state index in [9.17, 15) is 4.57 Å². The van der Waals surface area contributed by atoms with Crippen molar-refractivity contribution in [2.75, 3.05) is 26.4 Å². The fourth-order valence-electron chi connectivity index (χ4n) is 1.10.